The van der Waals surface area contributed by atoms with Crippen molar-refractivity contribution in [2.24, 2.45) is 5.73 Å². The molecule has 0 radical (unpaired) electrons. The van der Waals surface area contributed by atoms with Crippen molar-refractivity contribution in [1.29, 1.82) is 0 Å². The first-order chi connectivity index (χ1) is 14.2. The van der Waals surface area contributed by atoms with E-state index in [4.69, 9.17) is 30.9 Å². The predicted molar refractivity (Wildman–Crippen MR) is 98.9 cm³/mol. The van der Waals surface area contributed by atoms with Crippen LogP contribution in [-0.4, -0.2) is 57.8 Å². The number of nitrogens with two attached hydrogens (primary N) is 2. The zero-order chi connectivity index (χ0) is 23.2. The van der Waals surface area contributed by atoms with Crippen molar-refractivity contribution in [3.8, 4) is 0 Å². The summed E-state index contributed by atoms with van der Waals surface area (Å²) in [6, 6.07) is -0.714. The van der Waals surface area contributed by atoms with Gasteiger partial charge in [0, 0.05) is 0 Å². The summed E-state index contributed by atoms with van der Waals surface area (Å²) in [5, 5.41) is 0. The summed E-state index contributed by atoms with van der Waals surface area (Å²) in [6.07, 6.45) is -0.546. The molecule has 1 saturated heterocycles. The molecule has 3 rings (SSSR count). The standard InChI is InChI=1S/C10H17N6O12P3/c11-5-1-4(2-25-30(21,22)28-31(23,24)27-29(18,19)20)26-9(5)16-3-13-6-7(16)14-10(12)15-8(6)17/h3-5,9H,1-2,11H2,(H,21,22)(H,23,24)(H2,18,19,20)(H3,12,14,15,17)/t4-,5+,9+/m0/s1. The molecule has 0 spiro atoms. The Morgan fingerprint density at radius 2 is 1.90 bits per heavy atom. The summed E-state index contributed by atoms with van der Waals surface area (Å²) in [4.78, 5) is 57.7. The largest absolute Gasteiger partial charge is 0.490 e. The van der Waals surface area contributed by atoms with E-state index in [9.17, 15) is 23.4 Å². The first kappa shape index (κ1) is 24.1. The maximum Gasteiger partial charge on any atom is 0.490 e. The van der Waals surface area contributed by atoms with Crippen molar-refractivity contribution in [2.75, 3.05) is 12.3 Å². The molecule has 0 bridgehead atoms. The lowest BCUT2D eigenvalue weighted by Crippen LogP contribution is -2.28. The van der Waals surface area contributed by atoms with Crippen LogP contribution in [0.2, 0.25) is 0 Å². The zero-order valence-corrected chi connectivity index (χ0v) is 17.8. The number of nitrogen functional groups attached to an aromatic ring is 1. The molecule has 0 aliphatic carbocycles. The third kappa shape index (κ3) is 6.04. The molecule has 1 fully saturated rings. The number of anilines is 1. The summed E-state index contributed by atoms with van der Waals surface area (Å²) in [7, 11) is -16.4. The van der Waals surface area contributed by atoms with Crippen LogP contribution in [0.1, 0.15) is 12.6 Å². The number of phosphoric acid groups is 3. The molecule has 9 N–H and O–H groups in total. The van der Waals surface area contributed by atoms with Crippen molar-refractivity contribution in [2.45, 2.75) is 24.8 Å². The topological polar surface area (TPSA) is 285 Å². The van der Waals surface area contributed by atoms with Crippen LogP contribution in [-0.2, 0) is 31.6 Å². The van der Waals surface area contributed by atoms with Crippen molar-refractivity contribution < 1.29 is 51.2 Å². The first-order valence-electron chi connectivity index (χ1n) is 8.07. The first-order valence-corrected chi connectivity index (χ1v) is 12.6. The van der Waals surface area contributed by atoms with Gasteiger partial charge in [-0.1, -0.05) is 0 Å². The van der Waals surface area contributed by atoms with Crippen LogP contribution < -0.4 is 17.0 Å². The predicted octanol–water partition coefficient (Wildman–Crippen LogP) is -1.34. The van der Waals surface area contributed by atoms with E-state index in [2.05, 4.69) is 28.1 Å². The van der Waals surface area contributed by atoms with Gasteiger partial charge in [0.2, 0.25) is 5.95 Å². The van der Waals surface area contributed by atoms with Gasteiger partial charge in [-0.2, -0.15) is 13.6 Å². The summed E-state index contributed by atoms with van der Waals surface area (Å²) in [6.45, 7) is -0.670. The fourth-order valence-corrected chi connectivity index (χ4v) is 5.81. The van der Waals surface area contributed by atoms with E-state index in [1.54, 1.807) is 0 Å². The molecule has 0 saturated carbocycles. The SMILES string of the molecule is Nc1nc2c(ncn2[C@@H]2O[C@H](COP(=O)(O)OP(=O)(O)OP(=O)(O)O)C[C@H]2N)c(=O)[nH]1. The lowest BCUT2D eigenvalue weighted by molar-refractivity contribution is -0.0236. The maximum absolute atomic E-state index is 11.9. The van der Waals surface area contributed by atoms with E-state index in [1.807, 2.05) is 0 Å². The number of hydrogen-bond acceptors (Lipinski definition) is 12. The smallest absolute Gasteiger partial charge is 0.369 e. The fourth-order valence-electron chi connectivity index (χ4n) is 2.76. The summed E-state index contributed by atoms with van der Waals surface area (Å²) < 4.78 is 52.5. The molecule has 2 aromatic heterocycles. The maximum atomic E-state index is 11.9. The van der Waals surface area contributed by atoms with E-state index >= 15 is 0 Å². The highest BCUT2D eigenvalue weighted by molar-refractivity contribution is 7.66. The Labute approximate surface area is 171 Å². The number of aromatic nitrogens is 4. The molecule has 31 heavy (non-hydrogen) atoms. The van der Waals surface area contributed by atoms with Crippen LogP contribution in [0.5, 0.6) is 0 Å². The number of phosphoric ester groups is 1. The van der Waals surface area contributed by atoms with Crippen LogP contribution >= 0.6 is 23.5 Å². The second kappa shape index (κ2) is 8.44. The molecular formula is C10H17N6O12P3. The third-order valence-corrected chi connectivity index (χ3v) is 7.60. The highest BCUT2D eigenvalue weighted by Gasteiger charge is 2.42. The number of rotatable bonds is 8. The summed E-state index contributed by atoms with van der Waals surface area (Å²) in [5.74, 6) is -0.171. The lowest BCUT2D eigenvalue weighted by atomic mass is 10.2. The van der Waals surface area contributed by atoms with Crippen molar-refractivity contribution >= 4 is 40.6 Å². The molecule has 5 atom stereocenters. The fraction of sp³-hybridized carbons (Fsp3) is 0.500. The molecule has 3 heterocycles. The molecule has 2 unspecified atom stereocenters. The Hall–Kier alpha value is -1.52. The number of nitrogens with one attached hydrogen (secondary N) is 1. The van der Waals surface area contributed by atoms with Crippen LogP contribution in [0.3, 0.4) is 0 Å². The van der Waals surface area contributed by atoms with Crippen LogP contribution in [0, 0.1) is 0 Å². The van der Waals surface area contributed by atoms with Gasteiger partial charge >= 0.3 is 23.5 Å². The molecule has 18 nitrogen and oxygen atoms in total. The van der Waals surface area contributed by atoms with Gasteiger partial charge in [-0.05, 0) is 6.42 Å². The van der Waals surface area contributed by atoms with Crippen molar-refractivity contribution in [3.63, 3.8) is 0 Å². The minimum absolute atomic E-state index is 0.0262. The molecule has 0 aromatic carbocycles. The lowest BCUT2D eigenvalue weighted by Gasteiger charge is -2.19. The number of ether oxygens (including phenoxy) is 1. The Bertz CT molecular complexity index is 1180. The second-order valence-electron chi connectivity index (χ2n) is 6.21. The van der Waals surface area contributed by atoms with E-state index in [-0.39, 0.29) is 23.5 Å². The summed E-state index contributed by atoms with van der Waals surface area (Å²) >= 11 is 0. The van der Waals surface area contributed by atoms with E-state index in [0.717, 1.165) is 0 Å². The average molecular weight is 506 g/mol. The van der Waals surface area contributed by atoms with Gasteiger partial charge in [-0.25, -0.2) is 18.7 Å². The minimum Gasteiger partial charge on any atom is -0.369 e. The van der Waals surface area contributed by atoms with Gasteiger partial charge in [0.15, 0.2) is 17.4 Å². The molecule has 21 heteroatoms. The van der Waals surface area contributed by atoms with Gasteiger partial charge in [0.05, 0.1) is 25.1 Å². The zero-order valence-electron chi connectivity index (χ0n) is 15.1. The van der Waals surface area contributed by atoms with Gasteiger partial charge in [0.1, 0.15) is 0 Å². The number of imidazole rings is 1. The average Bonchev–Trinajstić information content (AvgIpc) is 3.12. The van der Waals surface area contributed by atoms with Crippen molar-refractivity contribution in [3.05, 3.63) is 16.7 Å². The number of fused-ring (bicyclic) bond motifs is 1. The summed E-state index contributed by atoms with van der Waals surface area (Å²) in [5.41, 5.74) is 11.0. The third-order valence-electron chi connectivity index (χ3n) is 3.80. The highest BCUT2D eigenvalue weighted by Crippen LogP contribution is 2.66. The monoisotopic (exact) mass is 506 g/mol. The van der Waals surface area contributed by atoms with Crippen molar-refractivity contribution in [1.82, 2.24) is 19.5 Å². The Morgan fingerprint density at radius 1 is 1.23 bits per heavy atom. The Balaban J connectivity index is 1.67. The molecule has 2 aromatic rings. The molecule has 174 valence electrons. The molecule has 1 aliphatic rings. The Morgan fingerprint density at radius 3 is 2.55 bits per heavy atom. The minimum atomic E-state index is -5.63. The van der Waals surface area contributed by atoms with E-state index in [0.29, 0.717) is 0 Å². The number of H-pyrrole nitrogens is 1. The van der Waals surface area contributed by atoms with E-state index in [1.165, 1.54) is 10.9 Å². The number of aromatic amines is 1. The normalized spacial score (nSPS) is 26.0. The second-order valence-corrected chi connectivity index (χ2v) is 10.6. The number of hydrogen-bond donors (Lipinski definition) is 7. The van der Waals surface area contributed by atoms with Crippen LogP contribution in [0.25, 0.3) is 11.2 Å². The van der Waals surface area contributed by atoms with Crippen LogP contribution in [0.15, 0.2) is 11.1 Å². The van der Waals surface area contributed by atoms with E-state index < -0.39 is 54.0 Å². The van der Waals surface area contributed by atoms with Gasteiger partial charge in [-0.3, -0.25) is 18.9 Å². The van der Waals surface area contributed by atoms with Gasteiger partial charge < -0.3 is 35.8 Å². The Kier molecular flexibility index (Phi) is 6.57. The highest BCUT2D eigenvalue weighted by atomic mass is 31.3. The molecular weight excluding hydrogens is 489 g/mol. The number of nitrogens with zero attached hydrogens (tertiary/aromatic N) is 3. The molecule has 0 amide bonds. The molecule has 1 aliphatic heterocycles. The quantitative estimate of drug-likeness (QED) is 0.204. The van der Waals surface area contributed by atoms with Gasteiger partial charge in [0.25, 0.3) is 5.56 Å². The van der Waals surface area contributed by atoms with Gasteiger partial charge in [-0.15, -0.1) is 0 Å². The van der Waals surface area contributed by atoms with Crippen LogP contribution in [0.4, 0.5) is 5.95 Å².